The average Bonchev–Trinajstić information content (AvgIpc) is 3.31. The van der Waals surface area contributed by atoms with Crippen LogP contribution in [-0.4, -0.2) is 9.97 Å². The number of nitriles is 1. The summed E-state index contributed by atoms with van der Waals surface area (Å²) in [6.07, 6.45) is 3.65. The molecule has 36 heavy (non-hydrogen) atoms. The van der Waals surface area contributed by atoms with Gasteiger partial charge in [-0.25, -0.2) is 0 Å². The maximum atomic E-state index is 9.22. The van der Waals surface area contributed by atoms with E-state index in [-0.39, 0.29) is 20.1 Å². The summed E-state index contributed by atoms with van der Waals surface area (Å²) >= 11 is 0. The third-order valence-corrected chi connectivity index (χ3v) is 5.86. The van der Waals surface area contributed by atoms with Crippen LogP contribution in [0.4, 0.5) is 0 Å². The Hall–Kier alpha value is -4.10. The number of furan rings is 1. The summed E-state index contributed by atoms with van der Waals surface area (Å²) in [6.45, 7) is 4.17. The number of para-hydroxylation sites is 1. The Bertz CT molecular complexity index is 1670. The predicted molar refractivity (Wildman–Crippen MR) is 138 cm³/mol. The smallest absolute Gasteiger partial charge is 0.138 e. The van der Waals surface area contributed by atoms with Crippen LogP contribution in [0.25, 0.3) is 44.5 Å². The van der Waals surface area contributed by atoms with E-state index in [2.05, 4.69) is 48.1 Å². The van der Waals surface area contributed by atoms with Crippen molar-refractivity contribution in [3.05, 3.63) is 120 Å². The number of pyridine rings is 2. The summed E-state index contributed by atoms with van der Waals surface area (Å²) in [5.74, 6) is 0. The molecule has 0 aliphatic heterocycles. The van der Waals surface area contributed by atoms with E-state index < -0.39 is 0 Å². The number of hydrogen-bond donors (Lipinski definition) is 0. The standard InChI is InChI=1S/C18H9N2O.C13H12N.Ir/c19-11-12-5-3-6-13-14-7-4-8-15(18(14)21-17(12)13)16-9-1-2-10-20-16;1-10-8-13(14-9-11(10)2)12-6-4-3-5-7-12;/h1-7,9-10H;3-6,8-9H,1-2H3;/q2*-1;. The molecule has 6 rings (SSSR count). The van der Waals surface area contributed by atoms with Gasteiger partial charge in [0.15, 0.2) is 0 Å². The van der Waals surface area contributed by atoms with Crippen molar-refractivity contribution in [1.82, 2.24) is 9.97 Å². The average molecular weight is 644 g/mol. The third kappa shape index (κ3) is 4.97. The second-order valence-corrected chi connectivity index (χ2v) is 8.14. The molecule has 0 atom stereocenters. The zero-order valence-electron chi connectivity index (χ0n) is 19.7. The van der Waals surface area contributed by atoms with Gasteiger partial charge in [-0.15, -0.1) is 54.1 Å². The van der Waals surface area contributed by atoms with Crippen LogP contribution in [0.5, 0.6) is 0 Å². The molecule has 0 saturated carbocycles. The fourth-order valence-corrected chi connectivity index (χ4v) is 3.88. The van der Waals surface area contributed by atoms with Crippen molar-refractivity contribution in [2.75, 3.05) is 0 Å². The van der Waals surface area contributed by atoms with Gasteiger partial charge >= 0.3 is 0 Å². The minimum absolute atomic E-state index is 0. The summed E-state index contributed by atoms with van der Waals surface area (Å²) in [4.78, 5) is 8.73. The van der Waals surface area contributed by atoms with E-state index in [4.69, 9.17) is 4.42 Å². The number of nitrogens with zero attached hydrogens (tertiary/aromatic N) is 3. The molecular formula is C31H21IrN3O-2. The maximum absolute atomic E-state index is 9.22. The van der Waals surface area contributed by atoms with Crippen LogP contribution in [0, 0.1) is 37.3 Å². The van der Waals surface area contributed by atoms with E-state index in [0.29, 0.717) is 16.7 Å². The van der Waals surface area contributed by atoms with Gasteiger partial charge in [-0.2, -0.15) is 5.26 Å². The molecule has 0 saturated heterocycles. The van der Waals surface area contributed by atoms with Gasteiger partial charge in [0, 0.05) is 37.9 Å². The number of benzene rings is 3. The summed E-state index contributed by atoms with van der Waals surface area (Å²) in [7, 11) is 0. The zero-order chi connectivity index (χ0) is 24.2. The predicted octanol–water partition coefficient (Wildman–Crippen LogP) is 7.48. The zero-order valence-corrected chi connectivity index (χ0v) is 22.1. The normalized spacial score (nSPS) is 10.2. The number of hydrogen-bond acceptors (Lipinski definition) is 4. The van der Waals surface area contributed by atoms with Gasteiger partial charge in [0.05, 0.1) is 11.1 Å². The number of aromatic nitrogens is 2. The quantitative estimate of drug-likeness (QED) is 0.184. The van der Waals surface area contributed by atoms with Gasteiger partial charge in [-0.05, 0) is 42.9 Å². The van der Waals surface area contributed by atoms with Gasteiger partial charge in [0.1, 0.15) is 11.7 Å². The van der Waals surface area contributed by atoms with Crippen LogP contribution in [0.3, 0.4) is 0 Å². The van der Waals surface area contributed by atoms with Gasteiger partial charge < -0.3 is 14.4 Å². The molecule has 0 bridgehead atoms. The molecule has 0 amide bonds. The van der Waals surface area contributed by atoms with E-state index in [9.17, 15) is 5.26 Å². The SMILES string of the molecule is Cc1cnc(-c2[c-]cccc2)cc1C.N#Cc1cccc2c1oc1c(-c3ccccn3)[c-]ccc12.[Ir]. The van der Waals surface area contributed by atoms with Crippen molar-refractivity contribution in [2.45, 2.75) is 13.8 Å². The fourth-order valence-electron chi connectivity index (χ4n) is 3.88. The van der Waals surface area contributed by atoms with Crippen LogP contribution >= 0.6 is 0 Å². The van der Waals surface area contributed by atoms with Crippen molar-refractivity contribution >= 4 is 21.9 Å². The second kappa shape index (κ2) is 11.1. The Balaban J connectivity index is 0.000000178. The van der Waals surface area contributed by atoms with E-state index in [1.807, 2.05) is 72.9 Å². The molecule has 0 unspecified atom stereocenters. The molecule has 0 N–H and O–H groups in total. The van der Waals surface area contributed by atoms with E-state index in [1.54, 1.807) is 12.3 Å². The molecule has 3 heterocycles. The Morgan fingerprint density at radius 2 is 1.61 bits per heavy atom. The van der Waals surface area contributed by atoms with Crippen LogP contribution in [0.15, 0.2) is 95.7 Å². The topological polar surface area (TPSA) is 62.7 Å². The summed E-state index contributed by atoms with van der Waals surface area (Å²) in [5.41, 5.74) is 8.03. The summed E-state index contributed by atoms with van der Waals surface area (Å²) in [5, 5.41) is 11.1. The summed E-state index contributed by atoms with van der Waals surface area (Å²) < 4.78 is 5.97. The largest absolute Gasteiger partial charge is 0.499 e. The molecular weight excluding hydrogens is 623 g/mol. The van der Waals surface area contributed by atoms with Crippen molar-refractivity contribution in [3.63, 3.8) is 0 Å². The number of aryl methyl sites for hydroxylation is 2. The Morgan fingerprint density at radius 3 is 2.33 bits per heavy atom. The molecule has 1 radical (unpaired) electrons. The molecule has 6 aromatic rings. The van der Waals surface area contributed by atoms with Crippen molar-refractivity contribution in [1.29, 1.82) is 5.26 Å². The van der Waals surface area contributed by atoms with Crippen LogP contribution in [-0.2, 0) is 20.1 Å². The van der Waals surface area contributed by atoms with Crippen molar-refractivity contribution in [3.8, 4) is 28.6 Å². The van der Waals surface area contributed by atoms with E-state index in [1.165, 1.54) is 11.1 Å². The Labute approximate surface area is 223 Å². The first-order valence-electron chi connectivity index (χ1n) is 11.2. The first kappa shape index (κ1) is 25.0. The van der Waals surface area contributed by atoms with Crippen molar-refractivity contribution < 1.29 is 24.5 Å². The molecule has 0 spiro atoms. The number of fused-ring (bicyclic) bond motifs is 3. The van der Waals surface area contributed by atoms with E-state index in [0.717, 1.165) is 33.3 Å². The van der Waals surface area contributed by atoms with Gasteiger partial charge in [0.2, 0.25) is 0 Å². The fraction of sp³-hybridized carbons (Fsp3) is 0.0645. The van der Waals surface area contributed by atoms with E-state index >= 15 is 0 Å². The van der Waals surface area contributed by atoms with Gasteiger partial charge in [0.25, 0.3) is 0 Å². The monoisotopic (exact) mass is 644 g/mol. The van der Waals surface area contributed by atoms with Gasteiger partial charge in [-0.3, -0.25) is 0 Å². The van der Waals surface area contributed by atoms with Crippen LogP contribution in [0.1, 0.15) is 16.7 Å². The molecule has 5 heteroatoms. The molecule has 4 nitrogen and oxygen atoms in total. The summed E-state index contributed by atoms with van der Waals surface area (Å²) in [6, 6.07) is 33.6. The molecule has 3 aromatic carbocycles. The Morgan fingerprint density at radius 1 is 0.778 bits per heavy atom. The van der Waals surface area contributed by atoms with Gasteiger partial charge in [-0.1, -0.05) is 46.8 Å². The minimum Gasteiger partial charge on any atom is -0.499 e. The van der Waals surface area contributed by atoms with Crippen LogP contribution in [0.2, 0.25) is 0 Å². The third-order valence-electron chi connectivity index (χ3n) is 5.86. The molecule has 0 aliphatic rings. The first-order chi connectivity index (χ1) is 17.2. The van der Waals surface area contributed by atoms with Crippen LogP contribution < -0.4 is 0 Å². The number of rotatable bonds is 2. The maximum Gasteiger partial charge on any atom is 0.138 e. The molecule has 0 aliphatic carbocycles. The minimum atomic E-state index is 0. The molecule has 177 valence electrons. The molecule has 3 aromatic heterocycles. The molecule has 0 fully saturated rings. The first-order valence-corrected chi connectivity index (χ1v) is 11.2. The van der Waals surface area contributed by atoms with Crippen molar-refractivity contribution in [2.24, 2.45) is 0 Å². The second-order valence-electron chi connectivity index (χ2n) is 8.14. The Kier molecular flexibility index (Phi) is 7.71.